The molecule has 2 N–H and O–H groups in total. The van der Waals surface area contributed by atoms with Crippen molar-refractivity contribution in [3.05, 3.63) is 42.5 Å². The fourth-order valence-corrected chi connectivity index (χ4v) is 1.78. The first-order valence-corrected chi connectivity index (χ1v) is 5.65. The van der Waals surface area contributed by atoms with Gasteiger partial charge in [0.15, 0.2) is 0 Å². The van der Waals surface area contributed by atoms with Gasteiger partial charge in [-0.1, -0.05) is 6.07 Å². The van der Waals surface area contributed by atoms with Gasteiger partial charge in [0.2, 0.25) is 0 Å². The van der Waals surface area contributed by atoms with E-state index in [2.05, 4.69) is 28.1 Å². The summed E-state index contributed by atoms with van der Waals surface area (Å²) in [5.74, 6) is 0. The minimum absolute atomic E-state index is 0.0273. The Hall–Kier alpha value is -1.81. The topological polar surface area (TPSA) is 47.1 Å². The number of anilines is 1. The number of hydrogen-bond acceptors (Lipinski definition) is 3. The Kier molecular flexibility index (Phi) is 3.15. The molecule has 0 saturated carbocycles. The Balaban J connectivity index is 2.46. The fraction of sp³-hybridized carbons (Fsp3) is 0.308. The largest absolute Gasteiger partial charge is 0.378 e. The van der Waals surface area contributed by atoms with Crippen LogP contribution in [-0.4, -0.2) is 23.6 Å². The first-order chi connectivity index (χ1) is 8.09. The van der Waals surface area contributed by atoms with E-state index in [0.29, 0.717) is 0 Å². The zero-order valence-corrected chi connectivity index (χ0v) is 10.5. The minimum atomic E-state index is -0.0273. The van der Waals surface area contributed by atoms with E-state index in [1.54, 1.807) is 6.33 Å². The maximum absolute atomic E-state index is 5.92. The van der Waals surface area contributed by atoms with Crippen LogP contribution in [0.4, 0.5) is 5.69 Å². The number of nitrogens with zero attached hydrogens (tertiary/aromatic N) is 3. The Morgan fingerprint density at radius 1 is 1.35 bits per heavy atom. The second-order valence-corrected chi connectivity index (χ2v) is 4.39. The van der Waals surface area contributed by atoms with Gasteiger partial charge in [0, 0.05) is 31.5 Å². The lowest BCUT2D eigenvalue weighted by molar-refractivity contribution is 0.752. The average molecular weight is 230 g/mol. The molecule has 0 spiro atoms. The first-order valence-electron chi connectivity index (χ1n) is 5.65. The molecule has 0 saturated heterocycles. The molecule has 2 rings (SSSR count). The summed E-state index contributed by atoms with van der Waals surface area (Å²) >= 11 is 0. The second-order valence-electron chi connectivity index (χ2n) is 4.39. The number of aromatic nitrogens is 2. The standard InChI is InChI=1S/C13H18N4/c1-10(14)13-8-15-9-17(13)12-6-4-5-11(7-12)16(2)3/h4-10H,14H2,1-3H3/t10-/m0/s1. The minimum Gasteiger partial charge on any atom is -0.378 e. The van der Waals surface area contributed by atoms with E-state index in [0.717, 1.165) is 17.1 Å². The molecule has 0 aliphatic carbocycles. The summed E-state index contributed by atoms with van der Waals surface area (Å²) in [5.41, 5.74) is 9.18. The van der Waals surface area contributed by atoms with Gasteiger partial charge in [0.25, 0.3) is 0 Å². The predicted molar refractivity (Wildman–Crippen MR) is 70.5 cm³/mol. The van der Waals surface area contributed by atoms with Gasteiger partial charge in [0.1, 0.15) is 0 Å². The molecule has 0 amide bonds. The Labute approximate surface area is 102 Å². The van der Waals surface area contributed by atoms with Crippen LogP contribution in [0.5, 0.6) is 0 Å². The molecule has 0 aliphatic rings. The summed E-state index contributed by atoms with van der Waals surface area (Å²) < 4.78 is 2.03. The molecule has 2 aromatic rings. The molecule has 1 heterocycles. The summed E-state index contributed by atoms with van der Waals surface area (Å²) in [7, 11) is 4.05. The fourth-order valence-electron chi connectivity index (χ4n) is 1.78. The van der Waals surface area contributed by atoms with Gasteiger partial charge in [-0.05, 0) is 25.1 Å². The zero-order chi connectivity index (χ0) is 12.4. The molecule has 4 nitrogen and oxygen atoms in total. The molecular weight excluding hydrogens is 212 g/mol. The van der Waals surface area contributed by atoms with E-state index in [9.17, 15) is 0 Å². The van der Waals surface area contributed by atoms with Gasteiger partial charge >= 0.3 is 0 Å². The molecule has 1 aromatic heterocycles. The normalized spacial score (nSPS) is 12.5. The first kappa shape index (κ1) is 11.7. The number of imidazole rings is 1. The lowest BCUT2D eigenvalue weighted by atomic mass is 10.2. The van der Waals surface area contributed by atoms with Gasteiger partial charge < -0.3 is 15.2 Å². The van der Waals surface area contributed by atoms with Crippen LogP contribution in [0, 0.1) is 0 Å². The van der Waals surface area contributed by atoms with Crippen molar-refractivity contribution >= 4 is 5.69 Å². The molecule has 4 heteroatoms. The monoisotopic (exact) mass is 230 g/mol. The van der Waals surface area contributed by atoms with Crippen LogP contribution in [-0.2, 0) is 0 Å². The highest BCUT2D eigenvalue weighted by Gasteiger charge is 2.08. The van der Waals surface area contributed by atoms with Crippen LogP contribution >= 0.6 is 0 Å². The van der Waals surface area contributed by atoms with Crippen LogP contribution in [0.15, 0.2) is 36.8 Å². The second kappa shape index (κ2) is 4.59. The molecule has 0 aliphatic heterocycles. The van der Waals surface area contributed by atoms with Crippen LogP contribution in [0.2, 0.25) is 0 Å². The Morgan fingerprint density at radius 3 is 2.76 bits per heavy atom. The van der Waals surface area contributed by atoms with E-state index in [-0.39, 0.29) is 6.04 Å². The van der Waals surface area contributed by atoms with Crippen molar-refractivity contribution in [3.8, 4) is 5.69 Å². The molecule has 1 aromatic carbocycles. The SMILES string of the molecule is C[C@H](N)c1cncn1-c1cccc(N(C)C)c1. The third kappa shape index (κ3) is 2.31. The number of nitrogens with two attached hydrogens (primary N) is 1. The Bertz CT molecular complexity index is 500. The van der Waals surface area contributed by atoms with Crippen molar-refractivity contribution in [2.45, 2.75) is 13.0 Å². The van der Waals surface area contributed by atoms with E-state index in [1.165, 1.54) is 0 Å². The summed E-state index contributed by atoms with van der Waals surface area (Å²) in [5, 5.41) is 0. The third-order valence-corrected chi connectivity index (χ3v) is 2.76. The Morgan fingerprint density at radius 2 is 2.12 bits per heavy atom. The van der Waals surface area contributed by atoms with Crippen molar-refractivity contribution in [3.63, 3.8) is 0 Å². The highest BCUT2D eigenvalue weighted by Crippen LogP contribution is 2.20. The zero-order valence-electron chi connectivity index (χ0n) is 10.5. The molecule has 0 fully saturated rings. The van der Waals surface area contributed by atoms with E-state index >= 15 is 0 Å². The number of rotatable bonds is 3. The van der Waals surface area contributed by atoms with E-state index in [4.69, 9.17) is 5.73 Å². The number of hydrogen-bond donors (Lipinski definition) is 1. The van der Waals surface area contributed by atoms with Gasteiger partial charge in [-0.25, -0.2) is 4.98 Å². The van der Waals surface area contributed by atoms with Crippen LogP contribution in [0.1, 0.15) is 18.7 Å². The van der Waals surface area contributed by atoms with Crippen molar-refractivity contribution in [1.82, 2.24) is 9.55 Å². The maximum Gasteiger partial charge on any atom is 0.0994 e. The van der Waals surface area contributed by atoms with E-state index in [1.807, 2.05) is 37.8 Å². The van der Waals surface area contributed by atoms with Gasteiger partial charge in [-0.15, -0.1) is 0 Å². The average Bonchev–Trinajstić information content (AvgIpc) is 2.78. The van der Waals surface area contributed by atoms with Crippen LogP contribution < -0.4 is 10.6 Å². The summed E-state index contributed by atoms with van der Waals surface area (Å²) in [4.78, 5) is 6.24. The predicted octanol–water partition coefficient (Wildman–Crippen LogP) is 1.96. The van der Waals surface area contributed by atoms with Gasteiger partial charge in [-0.3, -0.25) is 0 Å². The molecule has 0 unspecified atom stereocenters. The smallest absolute Gasteiger partial charge is 0.0994 e. The summed E-state index contributed by atoms with van der Waals surface area (Å²) in [6.07, 6.45) is 3.61. The van der Waals surface area contributed by atoms with Crippen molar-refractivity contribution in [2.24, 2.45) is 5.73 Å². The molecule has 90 valence electrons. The molecular formula is C13H18N4. The molecule has 1 atom stereocenters. The highest BCUT2D eigenvalue weighted by atomic mass is 15.1. The molecule has 17 heavy (non-hydrogen) atoms. The van der Waals surface area contributed by atoms with Crippen LogP contribution in [0.3, 0.4) is 0 Å². The highest BCUT2D eigenvalue weighted by molar-refractivity contribution is 5.52. The third-order valence-electron chi connectivity index (χ3n) is 2.76. The van der Waals surface area contributed by atoms with Crippen LogP contribution in [0.25, 0.3) is 5.69 Å². The van der Waals surface area contributed by atoms with Crippen molar-refractivity contribution in [2.75, 3.05) is 19.0 Å². The summed E-state index contributed by atoms with van der Waals surface area (Å²) in [6.45, 7) is 1.96. The molecule has 0 bridgehead atoms. The van der Waals surface area contributed by atoms with E-state index < -0.39 is 0 Å². The molecule has 0 radical (unpaired) electrons. The summed E-state index contributed by atoms with van der Waals surface area (Å²) in [6, 6.07) is 8.26. The van der Waals surface area contributed by atoms with Crippen molar-refractivity contribution in [1.29, 1.82) is 0 Å². The quantitative estimate of drug-likeness (QED) is 0.876. The lowest BCUT2D eigenvalue weighted by Gasteiger charge is -2.15. The van der Waals surface area contributed by atoms with Gasteiger partial charge in [-0.2, -0.15) is 0 Å². The lowest BCUT2D eigenvalue weighted by Crippen LogP contribution is -2.12. The van der Waals surface area contributed by atoms with Gasteiger partial charge in [0.05, 0.1) is 18.2 Å². The van der Waals surface area contributed by atoms with Crippen molar-refractivity contribution < 1.29 is 0 Å². The number of benzene rings is 1. The maximum atomic E-state index is 5.92.